The van der Waals surface area contributed by atoms with E-state index in [1.165, 1.54) is 14.2 Å². The summed E-state index contributed by atoms with van der Waals surface area (Å²) in [4.78, 5) is 27.3. The molecule has 2 amide bonds. The summed E-state index contributed by atoms with van der Waals surface area (Å²) in [5.74, 6) is -0.305. The molecule has 0 fully saturated rings. The van der Waals surface area contributed by atoms with Gasteiger partial charge < -0.3 is 10.4 Å². The Morgan fingerprint density at radius 1 is 1.40 bits per heavy atom. The molecule has 1 aromatic carbocycles. The van der Waals surface area contributed by atoms with Crippen molar-refractivity contribution < 1.29 is 19.5 Å². The van der Waals surface area contributed by atoms with Crippen molar-refractivity contribution in [1.29, 1.82) is 0 Å². The second kappa shape index (κ2) is 7.72. The molecular formula is C13H17ClN2O4. The first-order valence-corrected chi connectivity index (χ1v) is 6.34. The third kappa shape index (κ3) is 5.46. The molecule has 0 aromatic heterocycles. The Balaban J connectivity index is 2.71. The molecule has 1 rings (SSSR count). The molecule has 2 N–H and O–H groups in total. The minimum Gasteiger partial charge on any atom is -0.465 e. The van der Waals surface area contributed by atoms with Gasteiger partial charge in [0, 0.05) is 24.5 Å². The minimum absolute atomic E-state index is 0.0132. The number of nitrogens with one attached hydrogen (secondary N) is 1. The maximum absolute atomic E-state index is 11.8. The van der Waals surface area contributed by atoms with Gasteiger partial charge in [-0.05, 0) is 24.1 Å². The van der Waals surface area contributed by atoms with Crippen LogP contribution in [0.15, 0.2) is 24.3 Å². The average molecular weight is 301 g/mol. The molecule has 0 radical (unpaired) electrons. The molecule has 20 heavy (non-hydrogen) atoms. The maximum atomic E-state index is 11.8. The van der Waals surface area contributed by atoms with Gasteiger partial charge in [-0.15, -0.1) is 0 Å². The van der Waals surface area contributed by atoms with Crippen molar-refractivity contribution in [3.63, 3.8) is 0 Å². The number of hydroxylamine groups is 2. The van der Waals surface area contributed by atoms with Crippen molar-refractivity contribution in [3.05, 3.63) is 34.9 Å². The first-order valence-electron chi connectivity index (χ1n) is 5.97. The van der Waals surface area contributed by atoms with E-state index in [1.54, 1.807) is 24.3 Å². The third-order valence-corrected chi connectivity index (χ3v) is 3.02. The summed E-state index contributed by atoms with van der Waals surface area (Å²) in [5.41, 5.74) is 0.890. The number of carbonyl (C=O) groups is 2. The highest BCUT2D eigenvalue weighted by Gasteiger charge is 2.19. The lowest BCUT2D eigenvalue weighted by atomic mass is 10.0. The number of carbonyl (C=O) groups excluding carboxylic acids is 1. The number of carboxylic acid groups (broad SMARTS) is 1. The van der Waals surface area contributed by atoms with Crippen LogP contribution < -0.4 is 5.32 Å². The van der Waals surface area contributed by atoms with Gasteiger partial charge in [-0.1, -0.05) is 23.7 Å². The summed E-state index contributed by atoms with van der Waals surface area (Å²) in [6.45, 7) is 0. The van der Waals surface area contributed by atoms with Crippen molar-refractivity contribution in [3.8, 4) is 0 Å². The van der Waals surface area contributed by atoms with Crippen LogP contribution in [0.25, 0.3) is 0 Å². The van der Waals surface area contributed by atoms with Crippen molar-refractivity contribution in [2.24, 2.45) is 0 Å². The van der Waals surface area contributed by atoms with Crippen LogP contribution >= 0.6 is 11.6 Å². The van der Waals surface area contributed by atoms with Gasteiger partial charge in [0.2, 0.25) is 5.91 Å². The molecule has 0 heterocycles. The topological polar surface area (TPSA) is 78.9 Å². The SMILES string of the molecule is CON(C)C(=O)C[C@H](Cc1ccc(Cl)cc1)NC(=O)O. The van der Waals surface area contributed by atoms with E-state index in [0.717, 1.165) is 10.6 Å². The van der Waals surface area contributed by atoms with Crippen LogP contribution in [-0.4, -0.2) is 42.4 Å². The second-order valence-electron chi connectivity index (χ2n) is 4.25. The molecule has 0 aliphatic heterocycles. The number of hydrogen-bond acceptors (Lipinski definition) is 3. The van der Waals surface area contributed by atoms with Gasteiger partial charge in [-0.2, -0.15) is 0 Å². The van der Waals surface area contributed by atoms with Crippen molar-refractivity contribution in [1.82, 2.24) is 10.4 Å². The van der Waals surface area contributed by atoms with E-state index in [4.69, 9.17) is 21.5 Å². The zero-order valence-electron chi connectivity index (χ0n) is 11.3. The highest BCUT2D eigenvalue weighted by Crippen LogP contribution is 2.12. The fraction of sp³-hybridized carbons (Fsp3) is 0.385. The summed E-state index contributed by atoms with van der Waals surface area (Å²) in [7, 11) is 2.85. The lowest BCUT2D eigenvalue weighted by molar-refractivity contribution is -0.169. The van der Waals surface area contributed by atoms with E-state index in [1.807, 2.05) is 0 Å². The lowest BCUT2D eigenvalue weighted by Gasteiger charge is -2.20. The van der Waals surface area contributed by atoms with E-state index in [2.05, 4.69) is 5.32 Å². The van der Waals surface area contributed by atoms with Crippen molar-refractivity contribution in [2.75, 3.05) is 14.2 Å². The number of halogens is 1. The third-order valence-electron chi connectivity index (χ3n) is 2.77. The van der Waals surface area contributed by atoms with E-state index in [-0.39, 0.29) is 12.3 Å². The van der Waals surface area contributed by atoms with Crippen LogP contribution in [-0.2, 0) is 16.1 Å². The molecule has 0 aliphatic rings. The molecule has 0 unspecified atom stereocenters. The van der Waals surface area contributed by atoms with Gasteiger partial charge in [0.15, 0.2) is 0 Å². The number of hydrogen-bond donors (Lipinski definition) is 2. The van der Waals surface area contributed by atoms with Crippen LogP contribution in [0, 0.1) is 0 Å². The lowest BCUT2D eigenvalue weighted by Crippen LogP contribution is -2.40. The van der Waals surface area contributed by atoms with Gasteiger partial charge in [-0.25, -0.2) is 9.86 Å². The number of benzene rings is 1. The largest absolute Gasteiger partial charge is 0.465 e. The Labute approximate surface area is 122 Å². The Bertz CT molecular complexity index is 464. The standard InChI is InChI=1S/C13H17ClN2O4/c1-16(20-2)12(17)8-11(15-13(18)19)7-9-3-5-10(14)6-4-9/h3-6,11,15H,7-8H2,1-2H3,(H,18,19)/t11-/m0/s1. The first kappa shape index (κ1) is 16.3. The molecule has 110 valence electrons. The Kier molecular flexibility index (Phi) is 6.27. The number of nitrogens with zero attached hydrogens (tertiary/aromatic N) is 1. The summed E-state index contributed by atoms with van der Waals surface area (Å²) < 4.78 is 0. The van der Waals surface area contributed by atoms with Gasteiger partial charge in [0.05, 0.1) is 7.11 Å². The molecule has 0 saturated carbocycles. The molecule has 0 aliphatic carbocycles. The molecule has 0 bridgehead atoms. The van der Waals surface area contributed by atoms with Gasteiger partial charge in [0.25, 0.3) is 0 Å². The highest BCUT2D eigenvalue weighted by atomic mass is 35.5. The van der Waals surface area contributed by atoms with Crippen molar-refractivity contribution >= 4 is 23.6 Å². The maximum Gasteiger partial charge on any atom is 0.404 e. The zero-order chi connectivity index (χ0) is 15.1. The number of amides is 2. The smallest absolute Gasteiger partial charge is 0.404 e. The Hall–Kier alpha value is -1.79. The van der Waals surface area contributed by atoms with E-state index in [9.17, 15) is 9.59 Å². The quantitative estimate of drug-likeness (QED) is 0.787. The van der Waals surface area contributed by atoms with E-state index < -0.39 is 12.1 Å². The molecular weight excluding hydrogens is 284 g/mol. The summed E-state index contributed by atoms with van der Waals surface area (Å²) in [6, 6.07) is 6.50. The fourth-order valence-electron chi connectivity index (χ4n) is 1.70. The predicted octanol–water partition coefficient (Wildman–Crippen LogP) is 1.93. The fourth-order valence-corrected chi connectivity index (χ4v) is 1.82. The molecule has 0 spiro atoms. The Morgan fingerprint density at radius 2 is 2.00 bits per heavy atom. The molecule has 7 heteroatoms. The molecule has 1 atom stereocenters. The van der Waals surface area contributed by atoms with Gasteiger partial charge in [0.1, 0.15) is 0 Å². The second-order valence-corrected chi connectivity index (χ2v) is 4.69. The van der Waals surface area contributed by atoms with Crippen LogP contribution in [0.4, 0.5) is 4.79 Å². The molecule has 0 saturated heterocycles. The Morgan fingerprint density at radius 3 is 2.50 bits per heavy atom. The molecule has 1 aromatic rings. The van der Waals surface area contributed by atoms with E-state index in [0.29, 0.717) is 11.4 Å². The van der Waals surface area contributed by atoms with Gasteiger partial charge >= 0.3 is 6.09 Å². The van der Waals surface area contributed by atoms with Crippen molar-refractivity contribution in [2.45, 2.75) is 18.9 Å². The number of rotatable bonds is 6. The zero-order valence-corrected chi connectivity index (χ0v) is 12.1. The minimum atomic E-state index is -1.17. The summed E-state index contributed by atoms with van der Waals surface area (Å²) >= 11 is 5.79. The summed E-state index contributed by atoms with van der Waals surface area (Å²) in [5, 5.41) is 12.8. The van der Waals surface area contributed by atoms with Gasteiger partial charge in [-0.3, -0.25) is 9.63 Å². The van der Waals surface area contributed by atoms with Crippen LogP contribution in [0.1, 0.15) is 12.0 Å². The molecule has 6 nitrogen and oxygen atoms in total. The summed E-state index contributed by atoms with van der Waals surface area (Å²) in [6.07, 6.45) is -0.761. The average Bonchev–Trinajstić information content (AvgIpc) is 2.39. The van der Waals surface area contributed by atoms with Crippen LogP contribution in [0.5, 0.6) is 0 Å². The predicted molar refractivity (Wildman–Crippen MR) is 74.5 cm³/mol. The first-order chi connectivity index (χ1) is 9.42. The normalized spacial score (nSPS) is 11.8. The monoisotopic (exact) mass is 300 g/mol. The van der Waals surface area contributed by atoms with Crippen LogP contribution in [0.3, 0.4) is 0 Å². The van der Waals surface area contributed by atoms with E-state index >= 15 is 0 Å². The highest BCUT2D eigenvalue weighted by molar-refractivity contribution is 6.30. The van der Waals surface area contributed by atoms with Crippen LogP contribution in [0.2, 0.25) is 5.02 Å².